The number of carbonyl (C=O) groups is 1. The molecule has 2 aliphatic rings. The molecule has 0 aliphatic carbocycles. The molecular formula is C15H21N7O. The first-order valence-corrected chi connectivity index (χ1v) is 8.23. The molecule has 23 heavy (non-hydrogen) atoms. The lowest BCUT2D eigenvalue weighted by Gasteiger charge is -2.35. The van der Waals surface area contributed by atoms with E-state index < -0.39 is 0 Å². The fourth-order valence-corrected chi connectivity index (χ4v) is 3.34. The van der Waals surface area contributed by atoms with Crippen LogP contribution in [0.25, 0.3) is 5.65 Å². The van der Waals surface area contributed by atoms with Crippen molar-refractivity contribution in [3.8, 4) is 0 Å². The molecule has 2 aliphatic heterocycles. The van der Waals surface area contributed by atoms with Crippen molar-refractivity contribution in [2.24, 2.45) is 0 Å². The van der Waals surface area contributed by atoms with Gasteiger partial charge < -0.3 is 15.1 Å². The number of anilines is 1. The summed E-state index contributed by atoms with van der Waals surface area (Å²) in [5, 5.41) is 15.7. The highest BCUT2D eigenvalue weighted by Gasteiger charge is 2.25. The number of hydrogen-bond acceptors (Lipinski definition) is 6. The predicted octanol–water partition coefficient (Wildman–Crippen LogP) is -0.0850. The number of carbonyl (C=O) groups excluding carboxylic acids is 1. The molecule has 0 saturated carbocycles. The predicted molar refractivity (Wildman–Crippen MR) is 85.2 cm³/mol. The van der Waals surface area contributed by atoms with Crippen molar-refractivity contribution in [1.29, 1.82) is 0 Å². The molecule has 122 valence electrons. The average molecular weight is 315 g/mol. The number of hydrogen-bond donors (Lipinski definition) is 1. The van der Waals surface area contributed by atoms with Crippen LogP contribution in [0, 0.1) is 0 Å². The molecule has 1 amide bonds. The molecule has 4 heterocycles. The van der Waals surface area contributed by atoms with Gasteiger partial charge >= 0.3 is 0 Å². The average Bonchev–Trinajstić information content (AvgIpc) is 3.25. The second kappa shape index (κ2) is 6.11. The summed E-state index contributed by atoms with van der Waals surface area (Å²) in [5.41, 5.74) is 0.742. The summed E-state index contributed by atoms with van der Waals surface area (Å²) in [6, 6.07) is 4.25. The van der Waals surface area contributed by atoms with Crippen molar-refractivity contribution in [3.63, 3.8) is 0 Å². The molecule has 8 heteroatoms. The highest BCUT2D eigenvalue weighted by molar-refractivity contribution is 5.77. The van der Waals surface area contributed by atoms with Crippen LogP contribution in [0.2, 0.25) is 0 Å². The molecule has 0 aromatic carbocycles. The van der Waals surface area contributed by atoms with Gasteiger partial charge in [-0.2, -0.15) is 4.52 Å². The highest BCUT2D eigenvalue weighted by Crippen LogP contribution is 2.16. The number of piperazine rings is 1. The van der Waals surface area contributed by atoms with E-state index in [9.17, 15) is 4.79 Å². The lowest BCUT2D eigenvalue weighted by Crippen LogP contribution is -2.50. The van der Waals surface area contributed by atoms with Crippen LogP contribution in [-0.4, -0.2) is 69.4 Å². The second-order valence-electron chi connectivity index (χ2n) is 6.19. The molecule has 0 bridgehead atoms. The normalized spacial score (nSPS) is 22.0. The Kier molecular flexibility index (Phi) is 3.82. The summed E-state index contributed by atoms with van der Waals surface area (Å²) in [6.07, 6.45) is 4.54. The van der Waals surface area contributed by atoms with Crippen LogP contribution in [0.5, 0.6) is 0 Å². The first-order valence-electron chi connectivity index (χ1n) is 8.23. The van der Waals surface area contributed by atoms with E-state index in [2.05, 4.69) is 25.5 Å². The van der Waals surface area contributed by atoms with E-state index in [-0.39, 0.29) is 5.91 Å². The van der Waals surface area contributed by atoms with Crippen molar-refractivity contribution in [3.05, 3.63) is 18.5 Å². The van der Waals surface area contributed by atoms with Crippen LogP contribution in [-0.2, 0) is 4.79 Å². The van der Waals surface area contributed by atoms with Gasteiger partial charge in [-0.25, -0.2) is 0 Å². The summed E-state index contributed by atoms with van der Waals surface area (Å²) >= 11 is 0. The third kappa shape index (κ3) is 2.98. The quantitative estimate of drug-likeness (QED) is 0.853. The van der Waals surface area contributed by atoms with E-state index in [1.165, 1.54) is 6.42 Å². The number of fused-ring (bicyclic) bond motifs is 1. The lowest BCUT2D eigenvalue weighted by atomic mass is 10.1. The minimum Gasteiger partial charge on any atom is -0.352 e. The molecule has 1 unspecified atom stereocenters. The summed E-state index contributed by atoms with van der Waals surface area (Å²) in [4.78, 5) is 16.6. The van der Waals surface area contributed by atoms with Gasteiger partial charge in [0.15, 0.2) is 5.65 Å². The highest BCUT2D eigenvalue weighted by atomic mass is 16.2. The molecule has 2 aromatic rings. The largest absolute Gasteiger partial charge is 0.352 e. The summed E-state index contributed by atoms with van der Waals surface area (Å²) < 4.78 is 1.68. The minimum atomic E-state index is 0.270. The van der Waals surface area contributed by atoms with E-state index in [0.29, 0.717) is 12.5 Å². The molecule has 4 rings (SSSR count). The molecular weight excluding hydrogens is 294 g/mol. The van der Waals surface area contributed by atoms with Gasteiger partial charge in [0.05, 0.1) is 0 Å². The fourth-order valence-electron chi connectivity index (χ4n) is 3.34. The van der Waals surface area contributed by atoms with Crippen molar-refractivity contribution in [1.82, 2.24) is 30.0 Å². The van der Waals surface area contributed by atoms with Crippen molar-refractivity contribution >= 4 is 17.4 Å². The zero-order chi connectivity index (χ0) is 15.6. The Morgan fingerprint density at radius 3 is 2.91 bits per heavy atom. The van der Waals surface area contributed by atoms with Crippen LogP contribution < -0.4 is 10.2 Å². The summed E-state index contributed by atoms with van der Waals surface area (Å²) in [5.74, 6) is 1.17. The Balaban J connectivity index is 1.35. The van der Waals surface area contributed by atoms with Gasteiger partial charge in [0, 0.05) is 38.6 Å². The van der Waals surface area contributed by atoms with Gasteiger partial charge in [-0.15, -0.1) is 15.3 Å². The molecule has 2 saturated heterocycles. The third-order valence-electron chi connectivity index (χ3n) is 4.69. The zero-order valence-electron chi connectivity index (χ0n) is 13.1. The third-order valence-corrected chi connectivity index (χ3v) is 4.69. The SMILES string of the molecule is O=C(CC1CCCN1)N1CCN(c2ccc3nncn3n2)CC1. The van der Waals surface area contributed by atoms with E-state index in [1.54, 1.807) is 10.8 Å². The molecule has 0 spiro atoms. The minimum absolute atomic E-state index is 0.270. The van der Waals surface area contributed by atoms with Crippen LogP contribution in [0.1, 0.15) is 19.3 Å². The Morgan fingerprint density at radius 1 is 1.26 bits per heavy atom. The van der Waals surface area contributed by atoms with E-state index in [0.717, 1.165) is 50.6 Å². The van der Waals surface area contributed by atoms with Crippen LogP contribution in [0.15, 0.2) is 18.5 Å². The number of nitrogens with zero attached hydrogens (tertiary/aromatic N) is 6. The number of amides is 1. The van der Waals surface area contributed by atoms with E-state index >= 15 is 0 Å². The smallest absolute Gasteiger partial charge is 0.224 e. The fraction of sp³-hybridized carbons (Fsp3) is 0.600. The molecule has 8 nitrogen and oxygen atoms in total. The Hall–Kier alpha value is -2.22. The maximum absolute atomic E-state index is 12.4. The maximum Gasteiger partial charge on any atom is 0.224 e. The van der Waals surface area contributed by atoms with Crippen LogP contribution in [0.4, 0.5) is 5.82 Å². The lowest BCUT2D eigenvalue weighted by molar-refractivity contribution is -0.131. The topological polar surface area (TPSA) is 78.7 Å². The van der Waals surface area contributed by atoms with E-state index in [4.69, 9.17) is 0 Å². The van der Waals surface area contributed by atoms with Crippen LogP contribution >= 0.6 is 0 Å². The van der Waals surface area contributed by atoms with Gasteiger partial charge in [0.2, 0.25) is 5.91 Å². The van der Waals surface area contributed by atoms with Gasteiger partial charge in [0.1, 0.15) is 12.1 Å². The molecule has 1 atom stereocenters. The van der Waals surface area contributed by atoms with Crippen molar-refractivity contribution < 1.29 is 4.79 Å². The van der Waals surface area contributed by atoms with Gasteiger partial charge in [-0.05, 0) is 31.5 Å². The Bertz CT molecular complexity index is 686. The first kappa shape index (κ1) is 14.4. The van der Waals surface area contributed by atoms with Crippen molar-refractivity contribution in [2.45, 2.75) is 25.3 Å². The standard InChI is InChI=1S/C15H21N7O/c23-15(10-12-2-1-5-16-12)21-8-6-20(7-9-21)14-4-3-13-18-17-11-22(13)19-14/h3-4,11-12,16H,1-2,5-10H2. The second-order valence-corrected chi connectivity index (χ2v) is 6.19. The van der Waals surface area contributed by atoms with Crippen molar-refractivity contribution in [2.75, 3.05) is 37.6 Å². The summed E-state index contributed by atoms with van der Waals surface area (Å²) in [6.45, 7) is 4.18. The Morgan fingerprint density at radius 2 is 2.13 bits per heavy atom. The van der Waals surface area contributed by atoms with Gasteiger partial charge in [0.25, 0.3) is 0 Å². The molecule has 2 fully saturated rings. The first-order chi connectivity index (χ1) is 11.3. The van der Waals surface area contributed by atoms with Gasteiger partial charge in [-0.1, -0.05) is 0 Å². The molecule has 0 radical (unpaired) electrons. The molecule has 2 aromatic heterocycles. The van der Waals surface area contributed by atoms with Crippen LogP contribution in [0.3, 0.4) is 0 Å². The Labute approximate surface area is 134 Å². The number of aromatic nitrogens is 4. The number of rotatable bonds is 3. The number of nitrogens with one attached hydrogen (secondary N) is 1. The van der Waals surface area contributed by atoms with Gasteiger partial charge in [-0.3, -0.25) is 4.79 Å². The maximum atomic E-state index is 12.4. The zero-order valence-corrected chi connectivity index (χ0v) is 13.1. The summed E-state index contributed by atoms with van der Waals surface area (Å²) in [7, 11) is 0. The monoisotopic (exact) mass is 315 g/mol. The van der Waals surface area contributed by atoms with E-state index in [1.807, 2.05) is 17.0 Å². The molecule has 1 N–H and O–H groups in total.